The minimum atomic E-state index is -1.03. The molecule has 124 valence electrons. The van der Waals surface area contributed by atoms with Gasteiger partial charge in [0, 0.05) is 13.1 Å². The fourth-order valence-electron chi connectivity index (χ4n) is 2.12. The van der Waals surface area contributed by atoms with Gasteiger partial charge >= 0.3 is 12.0 Å². The van der Waals surface area contributed by atoms with E-state index in [2.05, 4.69) is 5.32 Å². The summed E-state index contributed by atoms with van der Waals surface area (Å²) in [7, 11) is 0. The summed E-state index contributed by atoms with van der Waals surface area (Å²) in [6, 6.07) is 6.00. The van der Waals surface area contributed by atoms with E-state index in [0.29, 0.717) is 17.9 Å². The molecule has 0 bridgehead atoms. The van der Waals surface area contributed by atoms with E-state index in [-0.39, 0.29) is 12.6 Å². The van der Waals surface area contributed by atoms with Crippen LogP contribution in [-0.2, 0) is 9.53 Å². The second-order valence-electron chi connectivity index (χ2n) is 5.46. The number of hydrogen-bond donors (Lipinski definition) is 1. The van der Waals surface area contributed by atoms with Gasteiger partial charge in [-0.2, -0.15) is 0 Å². The van der Waals surface area contributed by atoms with Crippen molar-refractivity contribution in [2.24, 2.45) is 0 Å². The molecule has 7 nitrogen and oxygen atoms in total. The van der Waals surface area contributed by atoms with Gasteiger partial charge in [-0.05, 0) is 45.0 Å². The maximum atomic E-state index is 12.1. The van der Waals surface area contributed by atoms with Crippen LogP contribution in [0, 0.1) is 0 Å². The highest BCUT2D eigenvalue weighted by atomic mass is 16.5. The van der Waals surface area contributed by atoms with Crippen molar-refractivity contribution >= 4 is 17.9 Å². The number of benzene rings is 1. The molecule has 23 heavy (non-hydrogen) atoms. The number of esters is 1. The Hall–Kier alpha value is -2.57. The van der Waals surface area contributed by atoms with E-state index in [1.807, 2.05) is 13.8 Å². The minimum absolute atomic E-state index is 0.0389. The van der Waals surface area contributed by atoms with E-state index in [0.717, 1.165) is 4.90 Å². The molecule has 1 aliphatic heterocycles. The van der Waals surface area contributed by atoms with Gasteiger partial charge in [0.25, 0.3) is 5.91 Å². The lowest BCUT2D eigenvalue weighted by Gasteiger charge is -2.18. The van der Waals surface area contributed by atoms with E-state index in [9.17, 15) is 14.4 Å². The lowest BCUT2D eigenvalue weighted by Crippen LogP contribution is -2.41. The molecule has 3 amide bonds. The third-order valence-electron chi connectivity index (χ3n) is 3.22. The zero-order valence-corrected chi connectivity index (χ0v) is 13.4. The second kappa shape index (κ2) is 7.13. The van der Waals surface area contributed by atoms with Crippen LogP contribution in [0.3, 0.4) is 0 Å². The number of ether oxygens (including phenoxy) is 2. The van der Waals surface area contributed by atoms with E-state index in [4.69, 9.17) is 9.47 Å². The molecular weight excluding hydrogens is 300 g/mol. The lowest BCUT2D eigenvalue weighted by molar-refractivity contribution is -0.136. The summed E-state index contributed by atoms with van der Waals surface area (Å²) >= 11 is 0. The molecule has 0 unspecified atom stereocenters. The number of urea groups is 1. The Kier molecular flexibility index (Phi) is 5.20. The number of rotatable bonds is 5. The Labute approximate surface area is 134 Å². The van der Waals surface area contributed by atoms with Crippen LogP contribution in [0.5, 0.6) is 5.75 Å². The monoisotopic (exact) mass is 320 g/mol. The van der Waals surface area contributed by atoms with E-state index < -0.39 is 24.0 Å². The standard InChI is InChI=1S/C16H20N2O5/c1-10(2)22-13-6-4-12(5-7-13)15(20)23-11(3)14(19)18-9-8-17-16(18)21/h4-7,10-11H,8-9H2,1-3H3,(H,17,21)/t11-/m0/s1. The second-order valence-corrected chi connectivity index (χ2v) is 5.46. The average molecular weight is 320 g/mol. The normalized spacial score (nSPS) is 15.3. The molecule has 0 saturated carbocycles. The maximum absolute atomic E-state index is 12.1. The quantitative estimate of drug-likeness (QED) is 0.833. The number of carbonyl (C=O) groups excluding carboxylic acids is 3. The molecule has 7 heteroatoms. The van der Waals surface area contributed by atoms with Gasteiger partial charge in [-0.15, -0.1) is 0 Å². The van der Waals surface area contributed by atoms with Crippen LogP contribution in [0.15, 0.2) is 24.3 Å². The highest BCUT2D eigenvalue weighted by Gasteiger charge is 2.31. The summed E-state index contributed by atoms with van der Waals surface area (Å²) < 4.78 is 10.6. The summed E-state index contributed by atoms with van der Waals surface area (Å²) in [4.78, 5) is 36.6. The van der Waals surface area contributed by atoms with Crippen LogP contribution in [0.2, 0.25) is 0 Å². The van der Waals surface area contributed by atoms with Crippen molar-refractivity contribution in [3.63, 3.8) is 0 Å². The van der Waals surface area contributed by atoms with Gasteiger partial charge in [-0.25, -0.2) is 9.59 Å². The van der Waals surface area contributed by atoms with Crippen molar-refractivity contribution in [1.82, 2.24) is 10.2 Å². The van der Waals surface area contributed by atoms with Crippen molar-refractivity contribution in [3.8, 4) is 5.75 Å². The number of amides is 3. The van der Waals surface area contributed by atoms with Gasteiger partial charge in [-0.1, -0.05) is 0 Å². The van der Waals surface area contributed by atoms with Crippen LogP contribution >= 0.6 is 0 Å². The van der Waals surface area contributed by atoms with Gasteiger partial charge < -0.3 is 14.8 Å². The predicted octanol–water partition coefficient (Wildman–Crippen LogP) is 1.57. The van der Waals surface area contributed by atoms with Gasteiger partial charge in [0.1, 0.15) is 5.75 Å². The van der Waals surface area contributed by atoms with Crippen LogP contribution in [0.4, 0.5) is 4.79 Å². The lowest BCUT2D eigenvalue weighted by atomic mass is 10.2. The highest BCUT2D eigenvalue weighted by molar-refractivity contribution is 5.99. The van der Waals surface area contributed by atoms with Crippen molar-refractivity contribution in [2.45, 2.75) is 33.0 Å². The number of hydrogen-bond acceptors (Lipinski definition) is 5. The maximum Gasteiger partial charge on any atom is 0.338 e. The van der Waals surface area contributed by atoms with Crippen molar-refractivity contribution < 1.29 is 23.9 Å². The van der Waals surface area contributed by atoms with Crippen molar-refractivity contribution in [1.29, 1.82) is 0 Å². The first kappa shape index (κ1) is 16.8. The summed E-state index contributed by atoms with van der Waals surface area (Å²) in [6.07, 6.45) is -0.991. The van der Waals surface area contributed by atoms with Gasteiger partial charge in [0.15, 0.2) is 6.10 Å². The first-order valence-electron chi connectivity index (χ1n) is 7.45. The number of imide groups is 1. The smallest absolute Gasteiger partial charge is 0.338 e. The fourth-order valence-corrected chi connectivity index (χ4v) is 2.12. The SMILES string of the molecule is CC(C)Oc1ccc(C(=O)O[C@@H](C)C(=O)N2CCNC2=O)cc1. The molecule has 0 aliphatic carbocycles. The number of nitrogens with zero attached hydrogens (tertiary/aromatic N) is 1. The first-order chi connectivity index (χ1) is 10.9. The van der Waals surface area contributed by atoms with Gasteiger partial charge in [0.05, 0.1) is 11.7 Å². The Morgan fingerprint density at radius 1 is 1.17 bits per heavy atom. The molecule has 1 heterocycles. The van der Waals surface area contributed by atoms with Crippen LogP contribution in [0.25, 0.3) is 0 Å². The first-order valence-corrected chi connectivity index (χ1v) is 7.45. The minimum Gasteiger partial charge on any atom is -0.491 e. The van der Waals surface area contributed by atoms with Crippen LogP contribution in [0.1, 0.15) is 31.1 Å². The predicted molar refractivity (Wildman–Crippen MR) is 82.2 cm³/mol. The van der Waals surface area contributed by atoms with E-state index in [1.54, 1.807) is 24.3 Å². The Morgan fingerprint density at radius 3 is 2.35 bits per heavy atom. The molecule has 0 radical (unpaired) electrons. The van der Waals surface area contributed by atoms with E-state index >= 15 is 0 Å². The molecular formula is C16H20N2O5. The Bertz CT molecular complexity index is 597. The molecule has 1 saturated heterocycles. The van der Waals surface area contributed by atoms with Gasteiger partial charge in [0.2, 0.25) is 0 Å². The average Bonchev–Trinajstić information content (AvgIpc) is 2.92. The molecule has 0 aromatic heterocycles. The summed E-state index contributed by atoms with van der Waals surface area (Å²) in [6.45, 7) is 5.94. The summed E-state index contributed by atoms with van der Waals surface area (Å²) in [5.74, 6) is -0.510. The fraction of sp³-hybridized carbons (Fsp3) is 0.438. The van der Waals surface area contributed by atoms with Crippen LogP contribution in [-0.4, -0.2) is 48.1 Å². The zero-order valence-electron chi connectivity index (χ0n) is 13.4. The molecule has 1 atom stereocenters. The third kappa shape index (κ3) is 4.21. The molecule has 1 aliphatic rings. The van der Waals surface area contributed by atoms with Gasteiger partial charge in [-0.3, -0.25) is 9.69 Å². The molecule has 2 rings (SSSR count). The molecule has 0 spiro atoms. The summed E-state index contributed by atoms with van der Waals surface area (Å²) in [5, 5.41) is 2.52. The molecule has 1 aromatic carbocycles. The van der Waals surface area contributed by atoms with Crippen molar-refractivity contribution in [3.05, 3.63) is 29.8 Å². The van der Waals surface area contributed by atoms with E-state index in [1.165, 1.54) is 6.92 Å². The number of nitrogens with one attached hydrogen (secondary N) is 1. The number of carbonyl (C=O) groups is 3. The zero-order chi connectivity index (χ0) is 17.0. The topological polar surface area (TPSA) is 84.9 Å². The van der Waals surface area contributed by atoms with Crippen LogP contribution < -0.4 is 10.1 Å². The summed E-state index contributed by atoms with van der Waals surface area (Å²) in [5.41, 5.74) is 0.312. The molecule has 1 N–H and O–H groups in total. The van der Waals surface area contributed by atoms with Crippen molar-refractivity contribution in [2.75, 3.05) is 13.1 Å². The Balaban J connectivity index is 1.95. The highest BCUT2D eigenvalue weighted by Crippen LogP contribution is 2.15. The molecule has 1 fully saturated rings. The molecule has 1 aromatic rings. The Morgan fingerprint density at radius 2 is 1.83 bits per heavy atom. The largest absolute Gasteiger partial charge is 0.491 e. The third-order valence-corrected chi connectivity index (χ3v) is 3.22.